The maximum Gasteiger partial charge on any atom is 0.370 e. The van der Waals surface area contributed by atoms with Crippen LogP contribution in [0, 0.1) is 127 Å². The highest BCUT2D eigenvalue weighted by atomic mass is 32.2. The molecule has 15 fully saturated rings. The number of fused-ring (bicyclic) bond motifs is 9. The second-order valence-electron chi connectivity index (χ2n) is 40.7. The molecule has 0 amide bonds. The molecular weight excluding hydrogens is 1800 g/mol. The van der Waals surface area contributed by atoms with Gasteiger partial charge in [-0.15, -0.1) is 0 Å². The number of hydrogen-bond acceptors (Lipinski definition) is 36. The van der Waals surface area contributed by atoms with Gasteiger partial charge in [-0.2, -0.15) is 26.3 Å². The van der Waals surface area contributed by atoms with Gasteiger partial charge < -0.3 is 84.7 Å². The van der Waals surface area contributed by atoms with E-state index < -0.39 is 282 Å². The Morgan fingerprint density at radius 2 is 0.690 bits per heavy atom. The molecule has 15 rings (SSSR count). The fourth-order valence-corrected chi connectivity index (χ4v) is 27.6. The van der Waals surface area contributed by atoms with E-state index in [1.165, 1.54) is 0 Å². The molecule has 0 aromatic rings. The smallest absolute Gasteiger partial charge is 0.370 e. The molecule has 12 bridgehead atoms. The monoisotopic (exact) mass is 1910 g/mol. The molecular formula is C84H111F6O36S3-3. The molecule has 15 aliphatic rings. The summed E-state index contributed by atoms with van der Waals surface area (Å²) >= 11 is 0. The molecule has 12 aliphatic carbocycles. The average molecular weight is 1910 g/mol. The molecule has 45 heteroatoms. The van der Waals surface area contributed by atoms with Gasteiger partial charge in [-0.1, -0.05) is 83.1 Å². The van der Waals surface area contributed by atoms with Crippen molar-refractivity contribution >= 4 is 102 Å². The highest BCUT2D eigenvalue weighted by Gasteiger charge is 2.78. The Kier molecular flexibility index (Phi) is 25.7. The fraction of sp³-hybridized carbons (Fsp3) is 0.857. The van der Waals surface area contributed by atoms with Crippen LogP contribution in [-0.2, 0) is 159 Å². The van der Waals surface area contributed by atoms with Crippen molar-refractivity contribution < 1.29 is 194 Å². The molecule has 36 nitrogen and oxygen atoms in total. The number of esters is 12. The van der Waals surface area contributed by atoms with Crippen LogP contribution in [0.1, 0.15) is 194 Å². The molecule has 0 aromatic carbocycles. The lowest BCUT2D eigenvalue weighted by atomic mass is 9.61. The number of carbonyl (C=O) groups is 12. The quantitative estimate of drug-likeness (QED) is 0.0287. The molecule has 0 aromatic heterocycles. The number of alkyl halides is 6. The summed E-state index contributed by atoms with van der Waals surface area (Å²) in [6.45, 7) is 23.9. The number of halogens is 6. The van der Waals surface area contributed by atoms with Gasteiger partial charge in [0.15, 0.2) is 48.7 Å². The van der Waals surface area contributed by atoms with Crippen molar-refractivity contribution in [3.63, 3.8) is 0 Å². The van der Waals surface area contributed by atoms with E-state index in [-0.39, 0.29) is 56.2 Å². The van der Waals surface area contributed by atoms with Crippen LogP contribution in [0.4, 0.5) is 26.3 Å². The van der Waals surface area contributed by atoms with Gasteiger partial charge in [-0.05, 0) is 151 Å². The number of rotatable bonds is 32. The second-order valence-corrected chi connectivity index (χ2v) is 45.1. The third-order valence-corrected chi connectivity index (χ3v) is 37.5. The molecule has 0 N–H and O–H groups in total. The Hall–Kier alpha value is -7.17. The molecule has 3 heterocycles. The first kappa shape index (κ1) is 99.3. The summed E-state index contributed by atoms with van der Waals surface area (Å²) in [7, 11) is -18.3. The summed E-state index contributed by atoms with van der Waals surface area (Å²) in [6, 6.07) is 0. The number of hydrogen-bond donors (Lipinski definition) is 0. The molecule has 726 valence electrons. The van der Waals surface area contributed by atoms with Gasteiger partial charge in [0.05, 0.1) is 35.5 Å². The minimum atomic E-state index is -6.09. The predicted octanol–water partition coefficient (Wildman–Crippen LogP) is 6.85. The van der Waals surface area contributed by atoms with E-state index in [1.54, 1.807) is 0 Å². The molecule has 12 saturated carbocycles. The topological polar surface area (TPSA) is 515 Å². The highest BCUT2D eigenvalue weighted by Crippen LogP contribution is 2.76. The molecule has 30 unspecified atom stereocenters. The standard InChI is InChI=1S/C29H40F2O12S.C28H38F2O12S.C27H36F2O12S/c1-13(2)28(10-15-7-8-27(28,6)26(15,4)5)43-25(35)21-17-9-16-20(21)24(34)42-23(16)22(17)41-19(33)12-39-11-18(32)40-14(3)29(30,31)44(36,37)38;1-6-27(10-14-7-8-26(27,5)25(14,3)4)42-24(34)20-16-9-15-19(20)23(33)41-22(15)21(16)40-18(32)12-38-11-17(31)39-13(2)28(29,30)43(35,36)37;1-12(27(28,29)42(34,35)36)38-16(30)10-37-11-17(31)39-20-15-8-14-18(22(32)40-21(14)20)19(15)23(33)41-26(5)9-13-6-7-25(26,4)24(13,2)3/h13-17,20-23H,7-12H2,1-6H3,(H,36,37,38);13-16,19-22H,6-12H2,1-5H3,(H,35,36,37);12-15,18-21H,6-11H2,1-5H3,(H,34,35,36)/p-3. The van der Waals surface area contributed by atoms with E-state index >= 15 is 0 Å². The van der Waals surface area contributed by atoms with Gasteiger partial charge in [0.1, 0.15) is 93.1 Å². The Bertz CT molecular complexity index is 4910. The molecule has 3 saturated heterocycles. The average Bonchev–Trinajstić information content (AvgIpc) is 1.51. The van der Waals surface area contributed by atoms with Crippen LogP contribution in [0.25, 0.3) is 0 Å². The fourth-order valence-electron chi connectivity index (χ4n) is 26.3. The minimum Gasteiger partial charge on any atom is -0.743 e. The zero-order valence-corrected chi connectivity index (χ0v) is 76.5. The molecule has 3 aliphatic heterocycles. The van der Waals surface area contributed by atoms with Crippen molar-refractivity contribution in [3.05, 3.63) is 0 Å². The van der Waals surface area contributed by atoms with E-state index in [0.29, 0.717) is 64.2 Å². The predicted molar refractivity (Wildman–Crippen MR) is 413 cm³/mol. The van der Waals surface area contributed by atoms with Crippen LogP contribution >= 0.6 is 0 Å². The zero-order valence-electron chi connectivity index (χ0n) is 74.1. The van der Waals surface area contributed by atoms with Gasteiger partial charge in [-0.3, -0.25) is 28.8 Å². The van der Waals surface area contributed by atoms with Crippen molar-refractivity contribution in [1.29, 1.82) is 0 Å². The van der Waals surface area contributed by atoms with Crippen LogP contribution in [-0.4, -0.2) is 238 Å². The first-order valence-corrected chi connectivity index (χ1v) is 47.7. The highest BCUT2D eigenvalue weighted by molar-refractivity contribution is 7.87. The van der Waals surface area contributed by atoms with Crippen LogP contribution < -0.4 is 0 Å². The number of carbonyl (C=O) groups excluding carboxylic acids is 12. The minimum absolute atomic E-state index is 0.0213. The van der Waals surface area contributed by atoms with Crippen molar-refractivity contribution in [2.75, 3.05) is 39.6 Å². The Labute approximate surface area is 740 Å². The lowest BCUT2D eigenvalue weighted by molar-refractivity contribution is -0.200. The van der Waals surface area contributed by atoms with Gasteiger partial charge in [0, 0.05) is 51.8 Å². The zero-order chi connectivity index (χ0) is 95.9. The van der Waals surface area contributed by atoms with Crippen molar-refractivity contribution in [3.8, 4) is 0 Å². The Morgan fingerprint density at radius 1 is 0.403 bits per heavy atom. The third-order valence-electron chi connectivity index (χ3n) is 34.5. The SMILES string of the molecule is CC(C)C1(OC(=O)C2C3CC4C(OC(=O)C42)C3OC(=O)COCC(=O)OC(C)C(F)(F)S(=O)(=O)[O-])CC2CCC1(C)C2(C)C.CC(OC(=O)COCC(=O)OC1C2CC3C1OC(=O)C3C2C(=O)OC1(C)CC2CCC1(C)C2(C)C)C(F)(F)S(=O)(=O)[O-].CCC1(OC(=O)C2C3CC4C(OC(=O)C42)C3OC(=O)COCC(=O)OC(C)C(F)(F)S(=O)(=O)[O-])CC2CCC1(C)C2(C)C. The molecule has 0 spiro atoms. The second kappa shape index (κ2) is 33.4. The van der Waals surface area contributed by atoms with E-state index in [1.807, 2.05) is 27.7 Å². The summed E-state index contributed by atoms with van der Waals surface area (Å²) in [5, 5.41) is -14.6. The third kappa shape index (κ3) is 15.8. The largest absolute Gasteiger partial charge is 0.743 e. The lowest BCUT2D eigenvalue weighted by Gasteiger charge is -2.51. The Balaban J connectivity index is 0.000000165. The maximum absolute atomic E-state index is 14.0. The van der Waals surface area contributed by atoms with Crippen LogP contribution in [0.2, 0.25) is 0 Å². The first-order chi connectivity index (χ1) is 59.3. The van der Waals surface area contributed by atoms with Crippen LogP contribution in [0.5, 0.6) is 0 Å². The summed E-state index contributed by atoms with van der Waals surface area (Å²) in [6.07, 6.45) is -2.76. The first-order valence-electron chi connectivity index (χ1n) is 43.5. The van der Waals surface area contributed by atoms with Crippen molar-refractivity contribution in [2.24, 2.45) is 127 Å². The molecule has 129 heavy (non-hydrogen) atoms. The lowest BCUT2D eigenvalue weighted by Crippen LogP contribution is -2.55. The summed E-state index contributed by atoms with van der Waals surface area (Å²) in [5.41, 5.74) is -2.91. The normalized spacial score (nSPS) is 39.5. The van der Waals surface area contributed by atoms with E-state index in [4.69, 9.17) is 56.8 Å². The van der Waals surface area contributed by atoms with Crippen molar-refractivity contribution in [1.82, 2.24) is 0 Å². The van der Waals surface area contributed by atoms with E-state index in [9.17, 15) is 123 Å². The Morgan fingerprint density at radius 3 is 0.953 bits per heavy atom. The maximum atomic E-state index is 14.0. The van der Waals surface area contributed by atoms with Crippen LogP contribution in [0.3, 0.4) is 0 Å². The summed E-state index contributed by atoms with van der Waals surface area (Å²) in [5.74, 6) is -16.3. The summed E-state index contributed by atoms with van der Waals surface area (Å²) < 4.78 is 257. The molecule has 0 radical (unpaired) electrons. The van der Waals surface area contributed by atoms with Gasteiger partial charge in [0.2, 0.25) is 0 Å². The van der Waals surface area contributed by atoms with Gasteiger partial charge >= 0.3 is 87.4 Å². The summed E-state index contributed by atoms with van der Waals surface area (Å²) in [4.78, 5) is 153. The van der Waals surface area contributed by atoms with E-state index in [2.05, 4.69) is 76.5 Å². The van der Waals surface area contributed by atoms with Crippen LogP contribution in [0.15, 0.2) is 0 Å². The van der Waals surface area contributed by atoms with Crippen molar-refractivity contribution in [2.45, 2.75) is 282 Å². The number of ether oxygens (including phenoxy) is 15. The van der Waals surface area contributed by atoms with Gasteiger partial charge in [0.25, 0.3) is 0 Å². The van der Waals surface area contributed by atoms with E-state index in [0.717, 1.165) is 57.8 Å². The van der Waals surface area contributed by atoms with Gasteiger partial charge in [-0.25, -0.2) is 54.0 Å². The molecule has 30 atom stereocenters.